The molecule has 29 heavy (non-hydrogen) atoms. The number of carbonyl (C=O) groups excluding carboxylic acids is 1. The number of hydrogen-bond donors (Lipinski definition) is 1. The van der Waals surface area contributed by atoms with Crippen molar-refractivity contribution in [2.45, 2.75) is 38.6 Å². The summed E-state index contributed by atoms with van der Waals surface area (Å²) in [6.45, 7) is 6.63. The van der Waals surface area contributed by atoms with Crippen LogP contribution >= 0.6 is 27.5 Å². The number of fused-ring (bicyclic) bond motifs is 1. The SMILES string of the molecule is CC1CC(C)(C)N(C)c2cc(Cl)c(/C=C(/C#N)C(=O)Nc3cccc(Br)c3)cc21. The van der Waals surface area contributed by atoms with Crippen molar-refractivity contribution in [1.29, 1.82) is 5.26 Å². The van der Waals surface area contributed by atoms with Crippen LogP contribution in [0.15, 0.2) is 46.4 Å². The van der Waals surface area contributed by atoms with E-state index in [1.165, 1.54) is 5.56 Å². The van der Waals surface area contributed by atoms with Crippen LogP contribution in [-0.2, 0) is 4.79 Å². The van der Waals surface area contributed by atoms with Gasteiger partial charge in [-0.2, -0.15) is 5.26 Å². The number of hydrogen-bond acceptors (Lipinski definition) is 3. The molecule has 150 valence electrons. The van der Waals surface area contributed by atoms with Gasteiger partial charge < -0.3 is 10.2 Å². The summed E-state index contributed by atoms with van der Waals surface area (Å²) < 4.78 is 0.844. The number of benzene rings is 2. The number of nitrogens with one attached hydrogen (secondary N) is 1. The third-order valence-corrected chi connectivity index (χ3v) is 6.32. The summed E-state index contributed by atoms with van der Waals surface area (Å²) in [5.41, 5.74) is 3.59. The molecule has 1 N–H and O–H groups in total. The van der Waals surface area contributed by atoms with Crippen LogP contribution < -0.4 is 10.2 Å². The maximum absolute atomic E-state index is 12.6. The number of rotatable bonds is 3. The molecule has 1 aliphatic rings. The molecule has 1 unspecified atom stereocenters. The molecule has 0 fully saturated rings. The van der Waals surface area contributed by atoms with Gasteiger partial charge in [-0.1, -0.05) is 40.5 Å². The summed E-state index contributed by atoms with van der Waals surface area (Å²) in [6, 6.07) is 13.1. The molecule has 1 heterocycles. The molecular formula is C23H23BrClN3O. The first-order valence-corrected chi connectivity index (χ1v) is 10.6. The monoisotopic (exact) mass is 471 g/mol. The lowest BCUT2D eigenvalue weighted by molar-refractivity contribution is -0.112. The number of halogens is 2. The maximum atomic E-state index is 12.6. The summed E-state index contributed by atoms with van der Waals surface area (Å²) in [4.78, 5) is 14.8. The van der Waals surface area contributed by atoms with E-state index in [0.29, 0.717) is 22.2 Å². The lowest BCUT2D eigenvalue weighted by atomic mass is 9.80. The van der Waals surface area contributed by atoms with Crippen LogP contribution in [0.2, 0.25) is 5.02 Å². The molecule has 0 saturated heterocycles. The van der Waals surface area contributed by atoms with E-state index in [1.54, 1.807) is 18.2 Å². The molecule has 2 aromatic rings. The van der Waals surface area contributed by atoms with Gasteiger partial charge in [-0.15, -0.1) is 0 Å². The molecule has 0 saturated carbocycles. The lowest BCUT2D eigenvalue weighted by Gasteiger charge is -2.45. The van der Waals surface area contributed by atoms with Crippen molar-refractivity contribution in [3.63, 3.8) is 0 Å². The van der Waals surface area contributed by atoms with Crippen LogP contribution in [0.25, 0.3) is 6.08 Å². The highest BCUT2D eigenvalue weighted by atomic mass is 79.9. The normalized spacial score (nSPS) is 18.0. The first kappa shape index (κ1) is 21.4. The highest BCUT2D eigenvalue weighted by Crippen LogP contribution is 2.44. The second kappa shape index (κ2) is 8.22. The van der Waals surface area contributed by atoms with Crippen molar-refractivity contribution in [3.8, 4) is 6.07 Å². The second-order valence-corrected chi connectivity index (χ2v) is 9.37. The number of nitrogens with zero attached hydrogens (tertiary/aromatic N) is 2. The van der Waals surface area contributed by atoms with Crippen LogP contribution in [-0.4, -0.2) is 18.5 Å². The number of carbonyl (C=O) groups is 1. The third kappa shape index (κ3) is 4.49. The van der Waals surface area contributed by atoms with Crippen LogP contribution in [0.5, 0.6) is 0 Å². The zero-order chi connectivity index (χ0) is 21.3. The quantitative estimate of drug-likeness (QED) is 0.417. The summed E-state index contributed by atoms with van der Waals surface area (Å²) in [7, 11) is 2.07. The van der Waals surface area contributed by atoms with Gasteiger partial charge in [0.2, 0.25) is 0 Å². The predicted octanol–water partition coefficient (Wildman–Crippen LogP) is 6.37. The third-order valence-electron chi connectivity index (χ3n) is 5.50. The molecule has 0 aromatic heterocycles. The van der Waals surface area contributed by atoms with Gasteiger partial charge in [0.25, 0.3) is 5.91 Å². The molecule has 0 radical (unpaired) electrons. The molecule has 4 nitrogen and oxygen atoms in total. The Morgan fingerprint density at radius 3 is 2.76 bits per heavy atom. The zero-order valence-electron chi connectivity index (χ0n) is 16.9. The molecule has 1 aliphatic heterocycles. The first-order valence-electron chi connectivity index (χ1n) is 9.38. The van der Waals surface area contributed by atoms with Crippen molar-refractivity contribution in [3.05, 3.63) is 62.6 Å². The van der Waals surface area contributed by atoms with Gasteiger partial charge in [0.05, 0.1) is 0 Å². The smallest absolute Gasteiger partial charge is 0.266 e. The van der Waals surface area contributed by atoms with Crippen LogP contribution in [0.4, 0.5) is 11.4 Å². The van der Waals surface area contributed by atoms with Crippen LogP contribution in [0.3, 0.4) is 0 Å². The van der Waals surface area contributed by atoms with Crippen LogP contribution in [0, 0.1) is 11.3 Å². The van der Waals surface area contributed by atoms with Gasteiger partial charge >= 0.3 is 0 Å². The molecule has 2 aromatic carbocycles. The Hall–Kier alpha value is -2.29. The lowest BCUT2D eigenvalue weighted by Crippen LogP contribution is -2.45. The van der Waals surface area contributed by atoms with Crippen molar-refractivity contribution in [2.75, 3.05) is 17.3 Å². The van der Waals surface area contributed by atoms with Crippen molar-refractivity contribution < 1.29 is 4.79 Å². The summed E-state index contributed by atoms with van der Waals surface area (Å²) in [5, 5.41) is 12.8. The van der Waals surface area contributed by atoms with E-state index in [9.17, 15) is 10.1 Å². The first-order chi connectivity index (χ1) is 13.6. The summed E-state index contributed by atoms with van der Waals surface area (Å²) in [6.07, 6.45) is 2.57. The molecule has 1 atom stereocenters. The average Bonchev–Trinajstić information content (AvgIpc) is 2.64. The minimum absolute atomic E-state index is 0.00368. The van der Waals surface area contributed by atoms with Crippen molar-refractivity contribution in [2.24, 2.45) is 0 Å². The van der Waals surface area contributed by atoms with E-state index in [0.717, 1.165) is 16.6 Å². The molecule has 6 heteroatoms. The van der Waals surface area contributed by atoms with Crippen molar-refractivity contribution in [1.82, 2.24) is 0 Å². The van der Waals surface area contributed by atoms with E-state index >= 15 is 0 Å². The topological polar surface area (TPSA) is 56.1 Å². The largest absolute Gasteiger partial charge is 0.369 e. The van der Waals surface area contributed by atoms with Gasteiger partial charge in [0, 0.05) is 33.5 Å². The number of anilines is 2. The summed E-state index contributed by atoms with van der Waals surface area (Å²) >= 11 is 9.91. The van der Waals surface area contributed by atoms with E-state index in [1.807, 2.05) is 30.3 Å². The second-order valence-electron chi connectivity index (χ2n) is 8.04. The Morgan fingerprint density at radius 1 is 1.38 bits per heavy atom. The Labute approximate surface area is 185 Å². The Kier molecular flexibility index (Phi) is 6.07. The average molecular weight is 473 g/mol. The molecular weight excluding hydrogens is 450 g/mol. The molecule has 0 spiro atoms. The highest BCUT2D eigenvalue weighted by Gasteiger charge is 2.34. The Balaban J connectivity index is 1.95. The molecule has 1 amide bonds. The van der Waals surface area contributed by atoms with Gasteiger partial charge in [0.1, 0.15) is 11.6 Å². The Bertz CT molecular complexity index is 1040. The highest BCUT2D eigenvalue weighted by molar-refractivity contribution is 9.10. The molecule has 3 rings (SSSR count). The van der Waals surface area contributed by atoms with E-state index in [2.05, 4.69) is 54.0 Å². The minimum Gasteiger partial charge on any atom is -0.369 e. The molecule has 0 aliphatic carbocycles. The van der Waals surface area contributed by atoms with Gasteiger partial charge in [-0.3, -0.25) is 4.79 Å². The standard InChI is InChI=1S/C23H23BrClN3O/c1-14-12-23(2,3)28(4)21-11-20(25)15(9-19(14)21)8-16(13-26)22(29)27-18-7-5-6-17(24)10-18/h5-11,14H,12H2,1-4H3,(H,27,29)/b16-8-. The van der Waals surface area contributed by atoms with E-state index < -0.39 is 5.91 Å². The zero-order valence-corrected chi connectivity index (χ0v) is 19.2. The number of amides is 1. The minimum atomic E-state index is -0.467. The Morgan fingerprint density at radius 2 is 2.10 bits per heavy atom. The fourth-order valence-corrected chi connectivity index (χ4v) is 4.40. The summed E-state index contributed by atoms with van der Waals surface area (Å²) in [5.74, 6) is -0.118. The number of nitriles is 1. The van der Waals surface area contributed by atoms with Gasteiger partial charge in [-0.25, -0.2) is 0 Å². The molecule has 0 bridgehead atoms. The fourth-order valence-electron chi connectivity index (χ4n) is 3.78. The van der Waals surface area contributed by atoms with Gasteiger partial charge in [-0.05, 0) is 73.7 Å². The van der Waals surface area contributed by atoms with Gasteiger partial charge in [0.15, 0.2) is 0 Å². The fraction of sp³-hybridized carbons (Fsp3) is 0.304. The predicted molar refractivity (Wildman–Crippen MR) is 123 cm³/mol. The van der Waals surface area contributed by atoms with Crippen molar-refractivity contribution >= 4 is 50.9 Å². The maximum Gasteiger partial charge on any atom is 0.266 e. The van der Waals surface area contributed by atoms with E-state index in [4.69, 9.17) is 11.6 Å². The van der Waals surface area contributed by atoms with E-state index in [-0.39, 0.29) is 11.1 Å². The van der Waals surface area contributed by atoms with Crippen LogP contribution in [0.1, 0.15) is 44.2 Å².